The molecule has 0 saturated carbocycles. The molecule has 4 heteroatoms. The van der Waals surface area contributed by atoms with Crippen LogP contribution in [0.1, 0.15) is 15.9 Å². The van der Waals surface area contributed by atoms with Crippen LogP contribution in [0.2, 0.25) is 0 Å². The number of amides is 1. The number of benzene rings is 2. The predicted octanol–water partition coefficient (Wildman–Crippen LogP) is 3.30. The van der Waals surface area contributed by atoms with Crippen molar-refractivity contribution < 1.29 is 9.53 Å². The van der Waals surface area contributed by atoms with E-state index in [-0.39, 0.29) is 5.91 Å². The monoisotopic (exact) mass is 270 g/mol. The summed E-state index contributed by atoms with van der Waals surface area (Å²) in [6, 6.07) is 12.9. The van der Waals surface area contributed by atoms with Crippen molar-refractivity contribution in [3.63, 3.8) is 0 Å². The predicted molar refractivity (Wildman–Crippen MR) is 81.7 cm³/mol. The van der Waals surface area contributed by atoms with Crippen LogP contribution in [0.25, 0.3) is 0 Å². The van der Waals surface area contributed by atoms with E-state index in [1.807, 2.05) is 44.3 Å². The van der Waals surface area contributed by atoms with Crippen molar-refractivity contribution in [3.05, 3.63) is 53.6 Å². The molecule has 2 N–H and O–H groups in total. The summed E-state index contributed by atoms with van der Waals surface area (Å²) < 4.78 is 5.20. The highest BCUT2D eigenvalue weighted by molar-refractivity contribution is 6.04. The number of methoxy groups -OCH3 is 1. The lowest BCUT2D eigenvalue weighted by Crippen LogP contribution is -2.12. The van der Waals surface area contributed by atoms with Crippen LogP contribution in [-0.4, -0.2) is 20.1 Å². The molecular weight excluding hydrogens is 252 g/mol. The minimum Gasteiger partial charge on any atom is -0.496 e. The van der Waals surface area contributed by atoms with E-state index in [9.17, 15) is 4.79 Å². The molecule has 0 heterocycles. The number of hydrogen-bond donors (Lipinski definition) is 2. The highest BCUT2D eigenvalue weighted by atomic mass is 16.5. The fraction of sp³-hybridized carbons (Fsp3) is 0.188. The molecule has 0 bridgehead atoms. The van der Waals surface area contributed by atoms with Gasteiger partial charge in [0.15, 0.2) is 0 Å². The Morgan fingerprint density at radius 3 is 2.25 bits per heavy atom. The normalized spacial score (nSPS) is 9.95. The third-order valence-corrected chi connectivity index (χ3v) is 3.09. The minimum atomic E-state index is -0.128. The van der Waals surface area contributed by atoms with Crippen LogP contribution in [0.3, 0.4) is 0 Å². The molecule has 0 spiro atoms. The average molecular weight is 270 g/mol. The second kappa shape index (κ2) is 6.10. The van der Waals surface area contributed by atoms with Crippen LogP contribution in [0.4, 0.5) is 11.4 Å². The van der Waals surface area contributed by atoms with E-state index in [1.54, 1.807) is 19.2 Å². The SMILES string of the molecule is CNc1ccc(C(=O)Nc2ccc(OC)c(C)c2)cc1. The molecule has 0 aliphatic heterocycles. The van der Waals surface area contributed by atoms with Crippen LogP contribution < -0.4 is 15.4 Å². The van der Waals surface area contributed by atoms with Gasteiger partial charge < -0.3 is 15.4 Å². The summed E-state index contributed by atoms with van der Waals surface area (Å²) in [5.74, 6) is 0.679. The Morgan fingerprint density at radius 2 is 1.70 bits per heavy atom. The zero-order valence-corrected chi connectivity index (χ0v) is 11.9. The maximum atomic E-state index is 12.1. The van der Waals surface area contributed by atoms with Gasteiger partial charge in [-0.15, -0.1) is 0 Å². The second-order valence-electron chi connectivity index (χ2n) is 4.47. The Morgan fingerprint density at radius 1 is 1.05 bits per heavy atom. The number of carbonyl (C=O) groups is 1. The van der Waals surface area contributed by atoms with Gasteiger partial charge in [0.1, 0.15) is 5.75 Å². The number of aryl methyl sites for hydroxylation is 1. The van der Waals surface area contributed by atoms with E-state index >= 15 is 0 Å². The van der Waals surface area contributed by atoms with Gasteiger partial charge >= 0.3 is 0 Å². The number of rotatable bonds is 4. The van der Waals surface area contributed by atoms with Crippen LogP contribution in [-0.2, 0) is 0 Å². The van der Waals surface area contributed by atoms with Crippen molar-refractivity contribution in [3.8, 4) is 5.75 Å². The number of anilines is 2. The van der Waals surface area contributed by atoms with Crippen molar-refractivity contribution in [1.82, 2.24) is 0 Å². The number of nitrogens with one attached hydrogen (secondary N) is 2. The summed E-state index contributed by atoms with van der Waals surface area (Å²) in [4.78, 5) is 12.1. The fourth-order valence-corrected chi connectivity index (χ4v) is 1.95. The van der Waals surface area contributed by atoms with Gasteiger partial charge in [0.25, 0.3) is 5.91 Å². The summed E-state index contributed by atoms with van der Waals surface area (Å²) in [7, 11) is 3.47. The standard InChI is InChI=1S/C16H18N2O2/c1-11-10-14(8-9-15(11)20-3)18-16(19)12-4-6-13(17-2)7-5-12/h4-10,17H,1-3H3,(H,18,19). The molecule has 0 atom stereocenters. The van der Waals surface area contributed by atoms with E-state index in [0.29, 0.717) is 5.56 Å². The topological polar surface area (TPSA) is 50.4 Å². The fourth-order valence-electron chi connectivity index (χ4n) is 1.95. The van der Waals surface area contributed by atoms with Crippen molar-refractivity contribution in [2.75, 3.05) is 24.8 Å². The molecule has 20 heavy (non-hydrogen) atoms. The maximum Gasteiger partial charge on any atom is 0.255 e. The van der Waals surface area contributed by atoms with Gasteiger partial charge in [-0.25, -0.2) is 0 Å². The Kier molecular flexibility index (Phi) is 4.25. The number of carbonyl (C=O) groups excluding carboxylic acids is 1. The van der Waals surface area contributed by atoms with E-state index in [1.165, 1.54) is 0 Å². The zero-order valence-electron chi connectivity index (χ0n) is 11.9. The Bertz CT molecular complexity index is 606. The Labute approximate surface area is 118 Å². The van der Waals surface area contributed by atoms with Crippen LogP contribution in [0.5, 0.6) is 5.75 Å². The quantitative estimate of drug-likeness (QED) is 0.896. The van der Waals surface area contributed by atoms with E-state index < -0.39 is 0 Å². The Balaban J connectivity index is 2.12. The van der Waals surface area contributed by atoms with Gasteiger partial charge in [-0.2, -0.15) is 0 Å². The summed E-state index contributed by atoms with van der Waals surface area (Å²) in [6.45, 7) is 1.94. The third kappa shape index (κ3) is 3.09. The molecule has 2 aromatic carbocycles. The highest BCUT2D eigenvalue weighted by Gasteiger charge is 2.07. The van der Waals surface area contributed by atoms with Crippen molar-refractivity contribution in [2.24, 2.45) is 0 Å². The number of hydrogen-bond acceptors (Lipinski definition) is 3. The Hall–Kier alpha value is -2.49. The molecule has 0 saturated heterocycles. The van der Waals surface area contributed by atoms with Crippen molar-refractivity contribution in [1.29, 1.82) is 0 Å². The van der Waals surface area contributed by atoms with Crippen LogP contribution in [0, 0.1) is 6.92 Å². The summed E-state index contributed by atoms with van der Waals surface area (Å²) in [6.07, 6.45) is 0. The van der Waals surface area contributed by atoms with Crippen LogP contribution in [0.15, 0.2) is 42.5 Å². The lowest BCUT2D eigenvalue weighted by atomic mass is 10.1. The minimum absolute atomic E-state index is 0.128. The molecule has 0 aliphatic rings. The first-order valence-corrected chi connectivity index (χ1v) is 6.38. The van der Waals surface area contributed by atoms with E-state index in [4.69, 9.17) is 4.74 Å². The first kappa shape index (κ1) is 13.9. The van der Waals surface area contributed by atoms with Crippen LogP contribution >= 0.6 is 0 Å². The average Bonchev–Trinajstić information content (AvgIpc) is 2.47. The van der Waals surface area contributed by atoms with Gasteiger partial charge in [0.05, 0.1) is 7.11 Å². The second-order valence-corrected chi connectivity index (χ2v) is 4.47. The van der Waals surface area contributed by atoms with Gasteiger partial charge in [-0.1, -0.05) is 0 Å². The van der Waals surface area contributed by atoms with E-state index in [2.05, 4.69) is 10.6 Å². The first-order valence-electron chi connectivity index (χ1n) is 6.38. The molecule has 4 nitrogen and oxygen atoms in total. The van der Waals surface area contributed by atoms with Gasteiger partial charge in [-0.05, 0) is 55.0 Å². The molecule has 104 valence electrons. The molecule has 0 fully saturated rings. The molecule has 2 rings (SSSR count). The smallest absolute Gasteiger partial charge is 0.255 e. The molecule has 0 radical (unpaired) electrons. The lowest BCUT2D eigenvalue weighted by Gasteiger charge is -2.09. The number of ether oxygens (including phenoxy) is 1. The third-order valence-electron chi connectivity index (χ3n) is 3.09. The largest absolute Gasteiger partial charge is 0.496 e. The summed E-state index contributed by atoms with van der Waals surface area (Å²) in [5, 5.41) is 5.89. The van der Waals surface area contributed by atoms with Crippen molar-refractivity contribution >= 4 is 17.3 Å². The molecule has 1 amide bonds. The first-order chi connectivity index (χ1) is 9.63. The summed E-state index contributed by atoms with van der Waals surface area (Å²) in [5.41, 5.74) is 3.33. The molecule has 0 aromatic heterocycles. The van der Waals surface area contributed by atoms with Crippen molar-refractivity contribution in [2.45, 2.75) is 6.92 Å². The highest BCUT2D eigenvalue weighted by Crippen LogP contribution is 2.22. The maximum absolute atomic E-state index is 12.1. The summed E-state index contributed by atoms with van der Waals surface area (Å²) >= 11 is 0. The van der Waals surface area contributed by atoms with Gasteiger partial charge in [-0.3, -0.25) is 4.79 Å². The van der Waals surface area contributed by atoms with Gasteiger partial charge in [0, 0.05) is 24.0 Å². The van der Waals surface area contributed by atoms with E-state index in [0.717, 1.165) is 22.7 Å². The molecule has 0 aliphatic carbocycles. The lowest BCUT2D eigenvalue weighted by molar-refractivity contribution is 0.102. The molecular formula is C16H18N2O2. The zero-order chi connectivity index (χ0) is 14.5. The van der Waals surface area contributed by atoms with Gasteiger partial charge in [0.2, 0.25) is 0 Å². The molecule has 0 unspecified atom stereocenters. The molecule has 2 aromatic rings.